The van der Waals surface area contributed by atoms with E-state index in [-0.39, 0.29) is 39.1 Å². The van der Waals surface area contributed by atoms with Crippen LogP contribution in [0.5, 0.6) is 0 Å². The molecule has 4 rings (SSSR count). The Bertz CT molecular complexity index is 1270. The lowest BCUT2D eigenvalue weighted by atomic mass is 10.1. The molecule has 3 aromatic rings. The predicted octanol–water partition coefficient (Wildman–Crippen LogP) is 3.57. The molecule has 31 heavy (non-hydrogen) atoms. The molecule has 0 radical (unpaired) electrons. The van der Waals surface area contributed by atoms with Gasteiger partial charge in [0.15, 0.2) is 0 Å². The summed E-state index contributed by atoms with van der Waals surface area (Å²) in [6, 6.07) is 8.97. The first-order chi connectivity index (χ1) is 14.8. The summed E-state index contributed by atoms with van der Waals surface area (Å²) in [6.07, 6.45) is 3.95. The van der Waals surface area contributed by atoms with Crippen LogP contribution in [0, 0.1) is 10.1 Å². The van der Waals surface area contributed by atoms with E-state index < -0.39 is 22.8 Å². The van der Waals surface area contributed by atoms with Crippen LogP contribution in [0.1, 0.15) is 5.76 Å². The van der Waals surface area contributed by atoms with E-state index in [0.29, 0.717) is 0 Å². The van der Waals surface area contributed by atoms with Crippen molar-refractivity contribution in [2.75, 3.05) is 4.90 Å². The fraction of sp³-hybridized carbons (Fsp3) is 0. The Morgan fingerprint density at radius 3 is 2.55 bits per heavy atom. The maximum atomic E-state index is 12.8. The van der Waals surface area contributed by atoms with Gasteiger partial charge in [-0.1, -0.05) is 11.6 Å². The normalized spacial score (nSPS) is 15.3. The van der Waals surface area contributed by atoms with Crippen LogP contribution in [0.4, 0.5) is 16.2 Å². The fourth-order valence-electron chi connectivity index (χ4n) is 2.97. The van der Waals surface area contributed by atoms with Gasteiger partial charge in [-0.2, -0.15) is 0 Å². The number of urea groups is 1. The number of nitrogens with one attached hydrogen (secondary N) is 1. The molecule has 1 aromatic carbocycles. The molecule has 1 fully saturated rings. The second-order valence-corrected chi connectivity index (χ2v) is 6.72. The molecule has 1 aliphatic heterocycles. The van der Waals surface area contributed by atoms with E-state index in [1.54, 1.807) is 0 Å². The topological polar surface area (TPSA) is 136 Å². The van der Waals surface area contributed by atoms with Crippen molar-refractivity contribution in [1.29, 1.82) is 0 Å². The van der Waals surface area contributed by atoms with Crippen molar-refractivity contribution >= 4 is 46.9 Å². The Morgan fingerprint density at radius 2 is 1.84 bits per heavy atom. The molecule has 0 saturated carbocycles. The Kier molecular flexibility index (Phi) is 5.05. The number of imide groups is 2. The number of pyridine rings is 1. The van der Waals surface area contributed by atoms with Crippen LogP contribution in [0.2, 0.25) is 5.02 Å². The third-order valence-electron chi connectivity index (χ3n) is 4.36. The summed E-state index contributed by atoms with van der Waals surface area (Å²) >= 11 is 5.83. The zero-order chi connectivity index (χ0) is 22.1. The van der Waals surface area contributed by atoms with Gasteiger partial charge in [-0.25, -0.2) is 9.69 Å². The molecule has 0 aliphatic carbocycles. The molecule has 1 aliphatic rings. The van der Waals surface area contributed by atoms with Gasteiger partial charge in [0.05, 0.1) is 16.2 Å². The average molecular weight is 439 g/mol. The lowest BCUT2D eigenvalue weighted by Gasteiger charge is -2.25. The number of anilines is 1. The van der Waals surface area contributed by atoms with Crippen LogP contribution in [0.15, 0.2) is 64.8 Å². The van der Waals surface area contributed by atoms with Gasteiger partial charge < -0.3 is 4.42 Å². The highest BCUT2D eigenvalue weighted by Crippen LogP contribution is 2.34. The van der Waals surface area contributed by atoms with Gasteiger partial charge in [0, 0.05) is 23.5 Å². The van der Waals surface area contributed by atoms with Gasteiger partial charge in [0.25, 0.3) is 17.5 Å². The van der Waals surface area contributed by atoms with Crippen molar-refractivity contribution in [3.8, 4) is 11.3 Å². The zero-order valence-corrected chi connectivity index (χ0v) is 16.2. The van der Waals surface area contributed by atoms with E-state index in [1.165, 1.54) is 54.9 Å². The van der Waals surface area contributed by atoms with Crippen LogP contribution >= 0.6 is 11.6 Å². The van der Waals surface area contributed by atoms with E-state index in [2.05, 4.69) is 10.3 Å². The molecule has 0 unspecified atom stereocenters. The van der Waals surface area contributed by atoms with E-state index in [0.717, 1.165) is 11.0 Å². The van der Waals surface area contributed by atoms with E-state index in [1.807, 2.05) is 0 Å². The number of barbiturate groups is 1. The first kappa shape index (κ1) is 20.0. The molecule has 2 aromatic heterocycles. The van der Waals surface area contributed by atoms with Crippen molar-refractivity contribution in [2.24, 2.45) is 0 Å². The Hall–Kier alpha value is -4.31. The number of rotatable bonds is 4. The summed E-state index contributed by atoms with van der Waals surface area (Å²) in [5.74, 6) is -1.52. The number of nitro benzene ring substituents is 1. The minimum Gasteiger partial charge on any atom is -0.456 e. The monoisotopic (exact) mass is 438 g/mol. The summed E-state index contributed by atoms with van der Waals surface area (Å²) < 4.78 is 5.60. The largest absolute Gasteiger partial charge is 0.456 e. The van der Waals surface area contributed by atoms with E-state index in [4.69, 9.17) is 16.0 Å². The molecule has 0 atom stereocenters. The first-order valence-electron chi connectivity index (χ1n) is 8.71. The molecule has 0 spiro atoms. The molecule has 3 heterocycles. The molecule has 154 valence electrons. The number of carbonyl (C=O) groups is 3. The summed E-state index contributed by atoms with van der Waals surface area (Å²) in [5.41, 5.74) is -0.204. The van der Waals surface area contributed by atoms with Gasteiger partial charge in [-0.3, -0.25) is 30.0 Å². The Balaban J connectivity index is 1.70. The number of carbonyl (C=O) groups excluding carboxylic acids is 3. The number of halogens is 1. The number of aromatic nitrogens is 1. The zero-order valence-electron chi connectivity index (χ0n) is 15.4. The molecule has 10 nitrogen and oxygen atoms in total. The standard InChI is InChI=1S/C20H11ClN4O6/c21-11-1-3-14(16(9-11)25(29)30)17-4-2-13(31-17)10-15-18(26)23-20(28)24(19(15)27)12-5-7-22-8-6-12/h1-10H,(H,23,26,28)/b15-10+. The molecular formula is C20H11ClN4O6. The van der Waals surface area contributed by atoms with Gasteiger partial charge in [-0.15, -0.1) is 0 Å². The van der Waals surface area contributed by atoms with Crippen LogP contribution in [0.3, 0.4) is 0 Å². The number of nitro groups is 1. The van der Waals surface area contributed by atoms with E-state index in [9.17, 15) is 24.5 Å². The lowest BCUT2D eigenvalue weighted by molar-refractivity contribution is -0.384. The summed E-state index contributed by atoms with van der Waals surface area (Å²) in [4.78, 5) is 52.6. The van der Waals surface area contributed by atoms with Gasteiger partial charge in [-0.05, 0) is 42.5 Å². The smallest absolute Gasteiger partial charge is 0.335 e. The van der Waals surface area contributed by atoms with Crippen molar-refractivity contribution in [3.05, 3.63) is 81.3 Å². The fourth-order valence-corrected chi connectivity index (χ4v) is 3.13. The number of benzene rings is 1. The quantitative estimate of drug-likeness (QED) is 0.284. The van der Waals surface area contributed by atoms with Gasteiger partial charge in [0.1, 0.15) is 17.1 Å². The minimum absolute atomic E-state index is 0.0850. The number of hydrogen-bond acceptors (Lipinski definition) is 7. The minimum atomic E-state index is -0.893. The first-order valence-corrected chi connectivity index (χ1v) is 9.08. The van der Waals surface area contributed by atoms with Crippen LogP contribution in [0.25, 0.3) is 17.4 Å². The highest BCUT2D eigenvalue weighted by Gasteiger charge is 2.37. The molecular weight excluding hydrogens is 428 g/mol. The lowest BCUT2D eigenvalue weighted by Crippen LogP contribution is -2.54. The second kappa shape index (κ2) is 7.84. The molecule has 1 N–H and O–H groups in total. The van der Waals surface area contributed by atoms with Gasteiger partial charge in [0.2, 0.25) is 0 Å². The van der Waals surface area contributed by atoms with Crippen LogP contribution in [-0.4, -0.2) is 27.8 Å². The van der Waals surface area contributed by atoms with Crippen molar-refractivity contribution in [2.45, 2.75) is 0 Å². The van der Waals surface area contributed by atoms with Crippen LogP contribution < -0.4 is 10.2 Å². The summed E-state index contributed by atoms with van der Waals surface area (Å²) in [5, 5.41) is 13.6. The Morgan fingerprint density at radius 1 is 1.10 bits per heavy atom. The number of furan rings is 1. The number of hydrogen-bond donors (Lipinski definition) is 1. The molecule has 11 heteroatoms. The third kappa shape index (κ3) is 3.79. The second-order valence-electron chi connectivity index (χ2n) is 6.28. The number of amides is 4. The van der Waals surface area contributed by atoms with Crippen molar-refractivity contribution < 1.29 is 23.7 Å². The third-order valence-corrected chi connectivity index (χ3v) is 4.59. The predicted molar refractivity (Wildman–Crippen MR) is 109 cm³/mol. The maximum absolute atomic E-state index is 12.8. The average Bonchev–Trinajstić information content (AvgIpc) is 3.20. The van der Waals surface area contributed by atoms with Crippen molar-refractivity contribution in [3.63, 3.8) is 0 Å². The Labute approximate surface area is 178 Å². The summed E-state index contributed by atoms with van der Waals surface area (Å²) in [6.45, 7) is 0. The van der Waals surface area contributed by atoms with E-state index >= 15 is 0 Å². The highest BCUT2D eigenvalue weighted by atomic mass is 35.5. The highest BCUT2D eigenvalue weighted by molar-refractivity contribution is 6.39. The SMILES string of the molecule is O=C1NC(=O)N(c2ccncc2)C(=O)/C1=C/c1ccc(-c2ccc(Cl)cc2[N+](=O)[O-])o1. The molecule has 0 bridgehead atoms. The van der Waals surface area contributed by atoms with Crippen LogP contribution in [-0.2, 0) is 9.59 Å². The van der Waals surface area contributed by atoms with Crippen molar-refractivity contribution in [1.82, 2.24) is 10.3 Å². The summed E-state index contributed by atoms with van der Waals surface area (Å²) in [7, 11) is 0. The molecule has 1 saturated heterocycles. The van der Waals surface area contributed by atoms with Gasteiger partial charge >= 0.3 is 6.03 Å². The molecule has 4 amide bonds. The number of nitrogens with zero attached hydrogens (tertiary/aromatic N) is 3. The maximum Gasteiger partial charge on any atom is 0.335 e.